The maximum absolute atomic E-state index is 11.5. The minimum absolute atomic E-state index is 0.147. The number of likely N-dealkylation sites (N-methyl/N-ethyl adjacent to an activating group) is 1. The second kappa shape index (κ2) is 7.02. The fourth-order valence-electron chi connectivity index (χ4n) is 2.45. The first-order chi connectivity index (χ1) is 9.54. The maximum atomic E-state index is 11.5. The molecular weight excluding hydrogens is 278 g/mol. The number of halogens is 1. The third-order valence-electron chi connectivity index (χ3n) is 3.37. The maximum Gasteiger partial charge on any atom is 0.222 e. The van der Waals surface area contributed by atoms with Crippen LogP contribution in [0.3, 0.4) is 0 Å². The molecule has 1 aliphatic heterocycles. The molecule has 20 heavy (non-hydrogen) atoms. The monoisotopic (exact) mass is 297 g/mol. The summed E-state index contributed by atoms with van der Waals surface area (Å²) in [6.45, 7) is 2.39. The Morgan fingerprint density at radius 2 is 2.35 bits per heavy atom. The first-order valence-corrected chi connectivity index (χ1v) is 7.17. The number of amides is 1. The van der Waals surface area contributed by atoms with E-state index in [0.29, 0.717) is 31.2 Å². The van der Waals surface area contributed by atoms with E-state index in [4.69, 9.17) is 11.6 Å². The lowest BCUT2D eigenvalue weighted by molar-refractivity contribution is -0.129. The lowest BCUT2D eigenvalue weighted by Gasteiger charge is -2.24. The van der Waals surface area contributed by atoms with Crippen molar-refractivity contribution < 1.29 is 9.90 Å². The molecule has 1 aliphatic rings. The molecule has 0 saturated carbocycles. The van der Waals surface area contributed by atoms with Gasteiger partial charge in [-0.1, -0.05) is 17.7 Å². The Hall–Kier alpha value is -1.17. The summed E-state index contributed by atoms with van der Waals surface area (Å²) in [7, 11) is 1.93. The van der Waals surface area contributed by atoms with Gasteiger partial charge in [0, 0.05) is 38.8 Å². The lowest BCUT2D eigenvalue weighted by atomic mass is 10.2. The van der Waals surface area contributed by atoms with Gasteiger partial charge in [0.2, 0.25) is 5.91 Å². The highest BCUT2D eigenvalue weighted by molar-refractivity contribution is 6.29. The number of pyridine rings is 1. The van der Waals surface area contributed by atoms with Crippen molar-refractivity contribution in [3.8, 4) is 0 Å². The SMILES string of the molecule is CN(Cc1ccc(Cl)nc1)CC(O)CN1CCCC1=O. The van der Waals surface area contributed by atoms with Gasteiger partial charge in [0.1, 0.15) is 5.15 Å². The Labute approximate surface area is 124 Å². The summed E-state index contributed by atoms with van der Waals surface area (Å²) in [5.74, 6) is 0.147. The van der Waals surface area contributed by atoms with E-state index >= 15 is 0 Å². The molecule has 1 saturated heterocycles. The fourth-order valence-corrected chi connectivity index (χ4v) is 2.56. The van der Waals surface area contributed by atoms with E-state index in [2.05, 4.69) is 4.98 Å². The number of nitrogens with zero attached hydrogens (tertiary/aromatic N) is 3. The van der Waals surface area contributed by atoms with Crippen LogP contribution in [0.15, 0.2) is 18.3 Å². The number of β-amino-alcohol motifs (C(OH)–C–C–N with tert-alkyl or cyclic N) is 1. The molecule has 0 aromatic carbocycles. The van der Waals surface area contributed by atoms with Crippen molar-refractivity contribution in [2.75, 3.05) is 26.7 Å². The van der Waals surface area contributed by atoms with Crippen molar-refractivity contribution in [3.63, 3.8) is 0 Å². The number of rotatable bonds is 6. The van der Waals surface area contributed by atoms with E-state index in [1.165, 1.54) is 0 Å². The third kappa shape index (κ3) is 4.44. The van der Waals surface area contributed by atoms with Crippen molar-refractivity contribution in [1.82, 2.24) is 14.8 Å². The highest BCUT2D eigenvalue weighted by Gasteiger charge is 2.22. The third-order valence-corrected chi connectivity index (χ3v) is 3.59. The molecular formula is C14H20ClN3O2. The van der Waals surface area contributed by atoms with Gasteiger partial charge in [0.25, 0.3) is 0 Å². The molecule has 1 fully saturated rings. The molecule has 110 valence electrons. The Morgan fingerprint density at radius 1 is 1.55 bits per heavy atom. The van der Waals surface area contributed by atoms with Crippen molar-refractivity contribution in [2.24, 2.45) is 0 Å². The normalized spacial score (nSPS) is 17.0. The fraction of sp³-hybridized carbons (Fsp3) is 0.571. The first-order valence-electron chi connectivity index (χ1n) is 6.79. The van der Waals surface area contributed by atoms with Gasteiger partial charge in [-0.2, -0.15) is 0 Å². The standard InChI is InChI=1S/C14H20ClN3O2/c1-17(8-11-4-5-13(15)16-7-11)9-12(19)10-18-6-2-3-14(18)20/h4-5,7,12,19H,2-3,6,8-10H2,1H3. The number of carbonyl (C=O) groups is 1. The van der Waals surface area contributed by atoms with Crippen LogP contribution in [-0.2, 0) is 11.3 Å². The van der Waals surface area contributed by atoms with Crippen molar-refractivity contribution in [2.45, 2.75) is 25.5 Å². The number of hydrogen-bond donors (Lipinski definition) is 1. The van der Waals surface area contributed by atoms with Crippen LogP contribution in [0.1, 0.15) is 18.4 Å². The van der Waals surface area contributed by atoms with E-state index < -0.39 is 6.10 Å². The number of likely N-dealkylation sites (tertiary alicyclic amines) is 1. The van der Waals surface area contributed by atoms with Crippen molar-refractivity contribution in [1.29, 1.82) is 0 Å². The quantitative estimate of drug-likeness (QED) is 0.800. The van der Waals surface area contributed by atoms with Gasteiger partial charge in [0.15, 0.2) is 0 Å². The summed E-state index contributed by atoms with van der Waals surface area (Å²) < 4.78 is 0. The smallest absolute Gasteiger partial charge is 0.222 e. The molecule has 0 spiro atoms. The number of hydrogen-bond acceptors (Lipinski definition) is 4. The Bertz CT molecular complexity index is 452. The molecule has 2 heterocycles. The average molecular weight is 298 g/mol. The summed E-state index contributed by atoms with van der Waals surface area (Å²) in [5.41, 5.74) is 1.04. The van der Waals surface area contributed by atoms with E-state index in [0.717, 1.165) is 18.5 Å². The Morgan fingerprint density at radius 3 is 2.95 bits per heavy atom. The highest BCUT2D eigenvalue weighted by Crippen LogP contribution is 2.11. The summed E-state index contributed by atoms with van der Waals surface area (Å²) in [6.07, 6.45) is 2.72. The molecule has 0 aliphatic carbocycles. The molecule has 1 atom stereocenters. The molecule has 0 radical (unpaired) electrons. The second-order valence-electron chi connectivity index (χ2n) is 5.28. The zero-order valence-electron chi connectivity index (χ0n) is 11.6. The topological polar surface area (TPSA) is 56.7 Å². The molecule has 5 nitrogen and oxygen atoms in total. The van der Waals surface area contributed by atoms with Crippen LogP contribution in [0.25, 0.3) is 0 Å². The number of aliphatic hydroxyl groups is 1. The second-order valence-corrected chi connectivity index (χ2v) is 5.67. The molecule has 1 unspecified atom stereocenters. The Balaban J connectivity index is 1.77. The summed E-state index contributed by atoms with van der Waals surface area (Å²) in [6, 6.07) is 3.67. The van der Waals surface area contributed by atoms with Crippen molar-refractivity contribution in [3.05, 3.63) is 29.0 Å². The van der Waals surface area contributed by atoms with Gasteiger partial charge in [-0.15, -0.1) is 0 Å². The number of aliphatic hydroxyl groups excluding tert-OH is 1. The summed E-state index contributed by atoms with van der Waals surface area (Å²) in [4.78, 5) is 19.3. The largest absolute Gasteiger partial charge is 0.390 e. The molecule has 1 aromatic heterocycles. The molecule has 1 N–H and O–H groups in total. The predicted octanol–water partition coefficient (Wildman–Crippen LogP) is 1.15. The van der Waals surface area contributed by atoms with Crippen LogP contribution < -0.4 is 0 Å². The van der Waals surface area contributed by atoms with Crippen LogP contribution >= 0.6 is 11.6 Å². The van der Waals surface area contributed by atoms with Gasteiger partial charge >= 0.3 is 0 Å². The zero-order valence-corrected chi connectivity index (χ0v) is 12.4. The molecule has 1 amide bonds. The van der Waals surface area contributed by atoms with Crippen LogP contribution in [0.5, 0.6) is 0 Å². The summed E-state index contributed by atoms with van der Waals surface area (Å²) >= 11 is 5.74. The zero-order chi connectivity index (χ0) is 14.5. The van der Waals surface area contributed by atoms with E-state index in [1.807, 2.05) is 18.0 Å². The number of aromatic nitrogens is 1. The minimum atomic E-state index is -0.526. The van der Waals surface area contributed by atoms with Gasteiger partial charge < -0.3 is 10.0 Å². The van der Waals surface area contributed by atoms with E-state index in [1.54, 1.807) is 17.2 Å². The van der Waals surface area contributed by atoms with Gasteiger partial charge in [0.05, 0.1) is 6.10 Å². The Kier molecular flexibility index (Phi) is 5.34. The molecule has 0 bridgehead atoms. The molecule has 2 rings (SSSR count). The van der Waals surface area contributed by atoms with E-state index in [9.17, 15) is 9.90 Å². The van der Waals surface area contributed by atoms with Crippen LogP contribution in [-0.4, -0.2) is 58.6 Å². The number of carbonyl (C=O) groups excluding carboxylic acids is 1. The molecule has 1 aromatic rings. The molecule has 6 heteroatoms. The van der Waals surface area contributed by atoms with Gasteiger partial charge in [-0.05, 0) is 25.1 Å². The van der Waals surface area contributed by atoms with Crippen LogP contribution in [0.4, 0.5) is 0 Å². The van der Waals surface area contributed by atoms with Crippen LogP contribution in [0.2, 0.25) is 5.15 Å². The summed E-state index contributed by atoms with van der Waals surface area (Å²) in [5, 5.41) is 10.5. The predicted molar refractivity (Wildman–Crippen MR) is 77.4 cm³/mol. The van der Waals surface area contributed by atoms with Crippen LogP contribution in [0, 0.1) is 0 Å². The highest BCUT2D eigenvalue weighted by atomic mass is 35.5. The van der Waals surface area contributed by atoms with Gasteiger partial charge in [-0.25, -0.2) is 4.98 Å². The lowest BCUT2D eigenvalue weighted by Crippen LogP contribution is -2.39. The average Bonchev–Trinajstić information content (AvgIpc) is 2.77. The first kappa shape index (κ1) is 15.2. The van der Waals surface area contributed by atoms with E-state index in [-0.39, 0.29) is 5.91 Å². The van der Waals surface area contributed by atoms with Gasteiger partial charge in [-0.3, -0.25) is 9.69 Å². The minimum Gasteiger partial charge on any atom is -0.390 e. The van der Waals surface area contributed by atoms with Crippen molar-refractivity contribution >= 4 is 17.5 Å².